The molecule has 0 aliphatic rings. The quantitative estimate of drug-likeness (QED) is 0.643. The van der Waals surface area contributed by atoms with Gasteiger partial charge in [-0.05, 0) is 24.9 Å². The van der Waals surface area contributed by atoms with E-state index >= 15 is 0 Å². The maximum atomic E-state index is 5.61. The van der Waals surface area contributed by atoms with Gasteiger partial charge in [0, 0.05) is 0 Å². The van der Waals surface area contributed by atoms with Gasteiger partial charge in [-0.15, -0.1) is 10.2 Å². The Morgan fingerprint density at radius 1 is 1.42 bits per heavy atom. The molecule has 5 nitrogen and oxygen atoms in total. The summed E-state index contributed by atoms with van der Waals surface area (Å²) < 4.78 is 5.61. The van der Waals surface area contributed by atoms with E-state index in [2.05, 4.69) is 35.1 Å². The van der Waals surface area contributed by atoms with Crippen LogP contribution in [-0.4, -0.2) is 35.1 Å². The van der Waals surface area contributed by atoms with Gasteiger partial charge in [-0.25, -0.2) is 0 Å². The molecule has 1 rings (SSSR count). The van der Waals surface area contributed by atoms with Crippen LogP contribution in [0.3, 0.4) is 0 Å². The second-order valence-electron chi connectivity index (χ2n) is 3.49. The average molecular weight is 186 g/mol. The zero-order valence-electron chi connectivity index (χ0n) is 7.69. The van der Waals surface area contributed by atoms with Crippen LogP contribution in [0.15, 0.2) is 6.33 Å². The first kappa shape index (κ1) is 9.34. The van der Waals surface area contributed by atoms with E-state index in [1.54, 1.807) is 0 Å². The molecule has 0 aromatic carbocycles. The number of hydrogen-bond donors (Lipinski definition) is 0. The molecular formula is C6H14N4OSi. The lowest BCUT2D eigenvalue weighted by atomic mass is 10.7. The molecule has 0 aliphatic carbocycles. The van der Waals surface area contributed by atoms with Crippen molar-refractivity contribution in [3.8, 4) is 0 Å². The second-order valence-corrected chi connectivity index (χ2v) is 8.01. The fourth-order valence-corrected chi connectivity index (χ4v) is 1.43. The van der Waals surface area contributed by atoms with E-state index in [1.807, 2.05) is 0 Å². The highest BCUT2D eigenvalue weighted by Gasteiger charge is 2.13. The summed E-state index contributed by atoms with van der Waals surface area (Å²) >= 11 is 0. The summed E-state index contributed by atoms with van der Waals surface area (Å²) in [6.45, 7) is 7.82. The Balaban J connectivity index is 2.20. The van der Waals surface area contributed by atoms with Gasteiger partial charge >= 0.3 is 0 Å². The summed E-state index contributed by atoms with van der Waals surface area (Å²) in [5.74, 6) is 0. The van der Waals surface area contributed by atoms with Crippen LogP contribution in [0.2, 0.25) is 19.6 Å². The number of tetrazole rings is 1. The van der Waals surface area contributed by atoms with Crippen molar-refractivity contribution in [1.29, 1.82) is 0 Å². The molecule has 0 saturated carbocycles. The lowest BCUT2D eigenvalue weighted by Crippen LogP contribution is -2.27. The number of rotatable bonds is 4. The third-order valence-electron chi connectivity index (χ3n) is 1.22. The van der Waals surface area contributed by atoms with Gasteiger partial charge in [0.15, 0.2) is 14.6 Å². The van der Waals surface area contributed by atoms with Crippen molar-refractivity contribution in [2.24, 2.45) is 0 Å². The zero-order valence-corrected chi connectivity index (χ0v) is 8.69. The molecule has 0 radical (unpaired) electrons. The highest BCUT2D eigenvalue weighted by atomic mass is 28.4. The van der Waals surface area contributed by atoms with Crippen molar-refractivity contribution in [2.75, 3.05) is 6.61 Å². The monoisotopic (exact) mass is 186 g/mol. The van der Waals surface area contributed by atoms with Crippen molar-refractivity contribution < 1.29 is 4.43 Å². The normalized spacial score (nSPS) is 11.9. The highest BCUT2D eigenvalue weighted by molar-refractivity contribution is 6.69. The first-order valence-electron chi connectivity index (χ1n) is 3.93. The Morgan fingerprint density at radius 3 is 2.67 bits per heavy atom. The molecule has 0 fully saturated rings. The maximum Gasteiger partial charge on any atom is 0.183 e. The lowest BCUT2D eigenvalue weighted by molar-refractivity contribution is 0.274. The minimum Gasteiger partial charge on any atom is -0.416 e. The molecular weight excluding hydrogens is 172 g/mol. The van der Waals surface area contributed by atoms with E-state index in [-0.39, 0.29) is 0 Å². The molecule has 6 heteroatoms. The second kappa shape index (κ2) is 3.77. The molecule has 0 aliphatic heterocycles. The fraction of sp³-hybridized carbons (Fsp3) is 0.833. The van der Waals surface area contributed by atoms with E-state index in [0.717, 1.165) is 0 Å². The van der Waals surface area contributed by atoms with Crippen LogP contribution in [0.25, 0.3) is 0 Å². The first-order chi connectivity index (χ1) is 5.58. The Morgan fingerprint density at radius 2 is 2.17 bits per heavy atom. The molecule has 0 bridgehead atoms. The summed E-state index contributed by atoms with van der Waals surface area (Å²) in [6, 6.07) is 0. The molecule has 12 heavy (non-hydrogen) atoms. The maximum absolute atomic E-state index is 5.61. The number of aromatic nitrogens is 4. The molecule has 0 atom stereocenters. The predicted molar refractivity (Wildman–Crippen MR) is 47.1 cm³/mol. The molecule has 0 amide bonds. The van der Waals surface area contributed by atoms with Crippen molar-refractivity contribution in [3.05, 3.63) is 6.33 Å². The van der Waals surface area contributed by atoms with Gasteiger partial charge < -0.3 is 4.43 Å². The van der Waals surface area contributed by atoms with Gasteiger partial charge in [-0.1, -0.05) is 0 Å². The minimum atomic E-state index is -1.38. The van der Waals surface area contributed by atoms with Crippen LogP contribution in [0.5, 0.6) is 0 Å². The Hall–Kier alpha value is -0.753. The molecule has 1 aromatic heterocycles. The van der Waals surface area contributed by atoms with Gasteiger partial charge in [0.05, 0.1) is 13.2 Å². The van der Waals surface area contributed by atoms with Gasteiger partial charge in [0.1, 0.15) is 0 Å². The smallest absolute Gasteiger partial charge is 0.183 e. The summed E-state index contributed by atoms with van der Waals surface area (Å²) in [5.41, 5.74) is 0. The van der Waals surface area contributed by atoms with Crippen molar-refractivity contribution in [2.45, 2.75) is 26.2 Å². The van der Waals surface area contributed by atoms with E-state index in [0.29, 0.717) is 13.2 Å². The molecule has 1 heterocycles. The summed E-state index contributed by atoms with van der Waals surface area (Å²) in [6.07, 6.45) is 1.43. The topological polar surface area (TPSA) is 52.8 Å². The van der Waals surface area contributed by atoms with E-state index in [4.69, 9.17) is 4.43 Å². The standard InChI is InChI=1S/C6H14N4OSi/c1-12(2,3)11-5-4-10-8-6-7-9-10/h6H,4-5H2,1-3H3. The molecule has 1 aromatic rings. The number of hydrogen-bond acceptors (Lipinski definition) is 4. The summed E-state index contributed by atoms with van der Waals surface area (Å²) in [5, 5.41) is 11.2. The molecule has 0 spiro atoms. The van der Waals surface area contributed by atoms with Gasteiger partial charge in [0.2, 0.25) is 0 Å². The molecule has 68 valence electrons. The Labute approximate surface area is 72.9 Å². The summed E-state index contributed by atoms with van der Waals surface area (Å²) in [7, 11) is -1.38. The molecule has 0 unspecified atom stereocenters. The SMILES string of the molecule is C[Si](C)(C)OCCn1ncnn1. The third kappa shape index (κ3) is 3.58. The van der Waals surface area contributed by atoms with Gasteiger partial charge in [0.25, 0.3) is 0 Å². The zero-order chi connectivity index (χ0) is 9.03. The summed E-state index contributed by atoms with van der Waals surface area (Å²) in [4.78, 5) is 1.53. The number of nitrogens with zero attached hydrogens (tertiary/aromatic N) is 4. The predicted octanol–water partition coefficient (Wildman–Crippen LogP) is 0.525. The fourth-order valence-electron chi connectivity index (χ4n) is 0.724. The Bertz CT molecular complexity index is 218. The van der Waals surface area contributed by atoms with Crippen molar-refractivity contribution in [3.63, 3.8) is 0 Å². The van der Waals surface area contributed by atoms with Crippen molar-refractivity contribution in [1.82, 2.24) is 20.2 Å². The van der Waals surface area contributed by atoms with E-state index in [9.17, 15) is 0 Å². The van der Waals surface area contributed by atoms with Crippen LogP contribution in [0.1, 0.15) is 0 Å². The lowest BCUT2D eigenvalue weighted by Gasteiger charge is -2.16. The largest absolute Gasteiger partial charge is 0.416 e. The van der Waals surface area contributed by atoms with Crippen LogP contribution in [0, 0.1) is 0 Å². The average Bonchev–Trinajstić information content (AvgIpc) is 2.36. The molecule has 0 saturated heterocycles. The Kier molecular flexibility index (Phi) is 2.93. The highest BCUT2D eigenvalue weighted by Crippen LogP contribution is 2.01. The van der Waals surface area contributed by atoms with Crippen LogP contribution in [-0.2, 0) is 11.0 Å². The van der Waals surface area contributed by atoms with Crippen molar-refractivity contribution >= 4 is 8.32 Å². The van der Waals surface area contributed by atoms with Gasteiger partial charge in [-0.3, -0.25) is 0 Å². The van der Waals surface area contributed by atoms with Crippen LogP contribution < -0.4 is 0 Å². The first-order valence-corrected chi connectivity index (χ1v) is 7.33. The molecule has 0 N–H and O–H groups in total. The minimum absolute atomic E-state index is 0.673. The van der Waals surface area contributed by atoms with Crippen LogP contribution in [0.4, 0.5) is 0 Å². The van der Waals surface area contributed by atoms with E-state index in [1.165, 1.54) is 11.1 Å². The van der Waals surface area contributed by atoms with Crippen LogP contribution >= 0.6 is 0 Å². The van der Waals surface area contributed by atoms with Gasteiger partial charge in [-0.2, -0.15) is 4.80 Å². The van der Waals surface area contributed by atoms with E-state index < -0.39 is 8.32 Å². The third-order valence-corrected chi connectivity index (χ3v) is 2.29.